The smallest absolute Gasteiger partial charge is 0.247 e. The molecule has 0 saturated carbocycles. The summed E-state index contributed by atoms with van der Waals surface area (Å²) in [5, 5.41) is 1.99. The molecule has 0 heterocycles. The molecule has 0 spiro atoms. The van der Waals surface area contributed by atoms with Crippen LogP contribution in [0.5, 0.6) is 0 Å². The second kappa shape index (κ2) is 6.44. The molecule has 6 heteroatoms. The van der Waals surface area contributed by atoms with Crippen LogP contribution < -0.4 is 5.32 Å². The van der Waals surface area contributed by atoms with E-state index in [0.717, 1.165) is 6.26 Å². The average molecular weight is 323 g/mol. The topological polar surface area (TPSA) is 63.2 Å². The van der Waals surface area contributed by atoms with Crippen LogP contribution in [0.1, 0.15) is 18.9 Å². The molecule has 1 aromatic rings. The number of rotatable bonds is 4. The lowest BCUT2D eigenvalue weighted by Gasteiger charge is -2.21. The molecule has 1 amide bonds. The monoisotopic (exact) mass is 323 g/mol. The van der Waals surface area contributed by atoms with E-state index in [1.54, 1.807) is 31.2 Å². The maximum absolute atomic E-state index is 13.1. The highest BCUT2D eigenvalue weighted by atomic mass is 32.2. The van der Waals surface area contributed by atoms with Crippen molar-refractivity contribution in [1.82, 2.24) is 5.32 Å². The second-order valence-corrected chi connectivity index (χ2v) is 7.45. The number of benzene rings is 1. The predicted molar refractivity (Wildman–Crippen MR) is 84.4 cm³/mol. The number of carbonyl (C=O) groups excluding carboxylic acids is 1. The van der Waals surface area contributed by atoms with Crippen molar-refractivity contribution >= 4 is 21.3 Å². The number of carbonyl (C=O) groups is 1. The van der Waals surface area contributed by atoms with E-state index < -0.39 is 15.1 Å². The summed E-state index contributed by atoms with van der Waals surface area (Å²) in [6.45, 7) is 2.25. The van der Waals surface area contributed by atoms with E-state index in [1.807, 2.05) is 0 Å². The Balaban J connectivity index is 2.47. The van der Waals surface area contributed by atoms with Gasteiger partial charge in [-0.2, -0.15) is 0 Å². The van der Waals surface area contributed by atoms with Crippen LogP contribution in [0, 0.1) is 5.82 Å². The first-order valence-corrected chi connectivity index (χ1v) is 8.92. The zero-order valence-corrected chi connectivity index (χ0v) is 13.3. The fraction of sp³-hybridized carbons (Fsp3) is 0.312. The first-order chi connectivity index (χ1) is 10.3. The molecule has 1 aliphatic carbocycles. The minimum Gasteiger partial charge on any atom is -0.353 e. The fourth-order valence-corrected chi connectivity index (χ4v) is 3.19. The van der Waals surface area contributed by atoms with Gasteiger partial charge in [-0.1, -0.05) is 24.3 Å². The fourth-order valence-electron chi connectivity index (χ4n) is 2.36. The lowest BCUT2D eigenvalue weighted by molar-refractivity contribution is -0.117. The van der Waals surface area contributed by atoms with Crippen LogP contribution in [-0.4, -0.2) is 32.4 Å². The average Bonchev–Trinajstić information content (AvgIpc) is 2.47. The molecule has 1 unspecified atom stereocenters. The molecular weight excluding hydrogens is 305 g/mol. The largest absolute Gasteiger partial charge is 0.353 e. The van der Waals surface area contributed by atoms with E-state index in [2.05, 4.69) is 5.32 Å². The van der Waals surface area contributed by atoms with Gasteiger partial charge in [0.2, 0.25) is 5.91 Å². The maximum Gasteiger partial charge on any atom is 0.247 e. The normalized spacial score (nSPS) is 18.4. The summed E-state index contributed by atoms with van der Waals surface area (Å²) in [6, 6.07) is 5.78. The molecule has 22 heavy (non-hydrogen) atoms. The van der Waals surface area contributed by atoms with Crippen LogP contribution in [0.3, 0.4) is 0 Å². The van der Waals surface area contributed by atoms with Gasteiger partial charge in [0.15, 0.2) is 9.84 Å². The third-order valence-corrected chi connectivity index (χ3v) is 4.95. The number of hydrogen-bond donors (Lipinski definition) is 1. The van der Waals surface area contributed by atoms with E-state index in [-0.39, 0.29) is 18.1 Å². The number of amides is 1. The van der Waals surface area contributed by atoms with Crippen molar-refractivity contribution in [1.29, 1.82) is 0 Å². The summed E-state index contributed by atoms with van der Waals surface area (Å²) in [7, 11) is -3.28. The van der Waals surface area contributed by atoms with E-state index in [0.29, 0.717) is 23.3 Å². The van der Waals surface area contributed by atoms with Crippen molar-refractivity contribution in [3.63, 3.8) is 0 Å². The highest BCUT2D eigenvalue weighted by Crippen LogP contribution is 2.30. The number of hydrogen-bond acceptors (Lipinski definition) is 3. The van der Waals surface area contributed by atoms with Crippen molar-refractivity contribution in [2.45, 2.75) is 18.6 Å². The standard InChI is InChI=1S/C16H18FNO3S/c1-3-18-16(19)15-10-13(22(2,20)21)8-9-14(15)11-4-6-12(17)7-5-11/h4-9,13H,3,10H2,1-2H3,(H,18,19). The first kappa shape index (κ1) is 16.4. The Kier molecular flexibility index (Phi) is 4.81. The van der Waals surface area contributed by atoms with Crippen LogP contribution >= 0.6 is 0 Å². The molecule has 0 aliphatic heterocycles. The number of halogens is 1. The van der Waals surface area contributed by atoms with Crippen molar-refractivity contribution in [3.05, 3.63) is 53.4 Å². The minimum absolute atomic E-state index is 0.119. The number of likely N-dealkylation sites (N-methyl/N-ethyl adjacent to an activating group) is 1. The summed E-state index contributed by atoms with van der Waals surface area (Å²) < 4.78 is 36.5. The summed E-state index contributed by atoms with van der Waals surface area (Å²) >= 11 is 0. The van der Waals surface area contributed by atoms with Gasteiger partial charge in [-0.05, 0) is 36.6 Å². The van der Waals surface area contributed by atoms with Gasteiger partial charge in [0.05, 0.1) is 5.25 Å². The molecule has 1 aliphatic rings. The van der Waals surface area contributed by atoms with Gasteiger partial charge in [-0.3, -0.25) is 4.79 Å². The first-order valence-electron chi connectivity index (χ1n) is 6.97. The third-order valence-electron chi connectivity index (χ3n) is 3.52. The second-order valence-electron chi connectivity index (χ2n) is 5.19. The van der Waals surface area contributed by atoms with Crippen molar-refractivity contribution in [2.75, 3.05) is 12.8 Å². The summed E-state index contributed by atoms with van der Waals surface area (Å²) in [6.07, 6.45) is 4.48. The quantitative estimate of drug-likeness (QED) is 0.923. The highest BCUT2D eigenvalue weighted by molar-refractivity contribution is 7.91. The van der Waals surface area contributed by atoms with E-state index in [1.165, 1.54) is 12.1 Å². The van der Waals surface area contributed by atoms with Gasteiger partial charge in [0.25, 0.3) is 0 Å². The molecule has 2 rings (SSSR count). The Labute approximate surface area is 129 Å². The van der Waals surface area contributed by atoms with Crippen LogP contribution in [0.15, 0.2) is 42.0 Å². The van der Waals surface area contributed by atoms with Crippen LogP contribution in [-0.2, 0) is 14.6 Å². The highest BCUT2D eigenvalue weighted by Gasteiger charge is 2.27. The maximum atomic E-state index is 13.1. The molecule has 1 atom stereocenters. The number of nitrogens with one attached hydrogen (secondary N) is 1. The molecule has 0 saturated heterocycles. The molecule has 118 valence electrons. The van der Waals surface area contributed by atoms with Gasteiger partial charge in [0.1, 0.15) is 5.82 Å². The SMILES string of the molecule is CCNC(=O)C1=C(c2ccc(F)cc2)C=CC(S(C)(=O)=O)C1. The van der Waals surface area contributed by atoms with Gasteiger partial charge in [-0.15, -0.1) is 0 Å². The Morgan fingerprint density at radius 1 is 1.32 bits per heavy atom. The zero-order chi connectivity index (χ0) is 16.3. The van der Waals surface area contributed by atoms with Gasteiger partial charge >= 0.3 is 0 Å². The summed E-state index contributed by atoms with van der Waals surface area (Å²) in [5.74, 6) is -0.655. The molecular formula is C16H18FNO3S. The predicted octanol–water partition coefficient (Wildman–Crippen LogP) is 2.09. The third kappa shape index (κ3) is 3.62. The minimum atomic E-state index is -3.28. The zero-order valence-electron chi connectivity index (χ0n) is 12.5. The van der Waals surface area contributed by atoms with E-state index in [9.17, 15) is 17.6 Å². The van der Waals surface area contributed by atoms with Gasteiger partial charge in [-0.25, -0.2) is 12.8 Å². The molecule has 4 nitrogen and oxygen atoms in total. The molecule has 0 radical (unpaired) electrons. The Hall–Kier alpha value is -1.95. The van der Waals surface area contributed by atoms with E-state index >= 15 is 0 Å². The lowest BCUT2D eigenvalue weighted by atomic mass is 9.91. The molecule has 0 bridgehead atoms. The van der Waals surface area contributed by atoms with Crippen LogP contribution in [0.25, 0.3) is 5.57 Å². The molecule has 0 fully saturated rings. The Morgan fingerprint density at radius 2 is 1.95 bits per heavy atom. The molecule has 1 aromatic carbocycles. The van der Waals surface area contributed by atoms with Crippen molar-refractivity contribution in [2.24, 2.45) is 0 Å². The summed E-state index contributed by atoms with van der Waals surface area (Å²) in [5.41, 5.74) is 1.73. The van der Waals surface area contributed by atoms with Crippen LogP contribution in [0.4, 0.5) is 4.39 Å². The molecule has 0 aromatic heterocycles. The lowest BCUT2D eigenvalue weighted by Crippen LogP contribution is -2.30. The van der Waals surface area contributed by atoms with Crippen molar-refractivity contribution < 1.29 is 17.6 Å². The van der Waals surface area contributed by atoms with Crippen molar-refractivity contribution in [3.8, 4) is 0 Å². The Bertz CT molecular complexity index is 733. The van der Waals surface area contributed by atoms with E-state index in [4.69, 9.17) is 0 Å². The summed E-state index contributed by atoms with van der Waals surface area (Å²) in [4.78, 5) is 12.2. The number of allylic oxidation sites excluding steroid dienone is 2. The Morgan fingerprint density at radius 3 is 2.50 bits per heavy atom. The van der Waals surface area contributed by atoms with Crippen LogP contribution in [0.2, 0.25) is 0 Å². The number of sulfone groups is 1. The van der Waals surface area contributed by atoms with Gasteiger partial charge in [0, 0.05) is 18.4 Å². The van der Waals surface area contributed by atoms with Gasteiger partial charge < -0.3 is 5.32 Å². The molecule has 1 N–H and O–H groups in total.